The number of nitrogens with zero attached hydrogens (tertiary/aromatic N) is 4. The Morgan fingerprint density at radius 3 is 2.57 bits per heavy atom. The lowest BCUT2D eigenvalue weighted by atomic mass is 9.79. The first kappa shape index (κ1) is 15.9. The predicted octanol–water partition coefficient (Wildman–Crippen LogP) is 1.63. The molecule has 1 N–H and O–H groups in total. The van der Waals surface area contributed by atoms with Crippen molar-refractivity contribution in [3.8, 4) is 0 Å². The van der Waals surface area contributed by atoms with Gasteiger partial charge in [0.2, 0.25) is 0 Å². The van der Waals surface area contributed by atoms with E-state index in [1.165, 1.54) is 4.68 Å². The number of carbonyl (C=O) groups is 1. The number of hydrogen-bond acceptors (Lipinski definition) is 5. The summed E-state index contributed by atoms with van der Waals surface area (Å²) < 4.78 is 7.07. The minimum Gasteiger partial charge on any atom is -0.479 e. The van der Waals surface area contributed by atoms with Crippen LogP contribution in [0, 0.1) is 5.92 Å². The molecular weight excluding hydrogens is 272 g/mol. The van der Waals surface area contributed by atoms with Crippen LogP contribution in [0.5, 0.6) is 0 Å². The van der Waals surface area contributed by atoms with E-state index in [4.69, 9.17) is 4.74 Å². The number of aromatic nitrogens is 4. The van der Waals surface area contributed by atoms with Gasteiger partial charge >= 0.3 is 5.97 Å². The van der Waals surface area contributed by atoms with Gasteiger partial charge < -0.3 is 9.84 Å². The summed E-state index contributed by atoms with van der Waals surface area (Å²) in [6.45, 7) is 6.45. The van der Waals surface area contributed by atoms with Crippen LogP contribution >= 0.6 is 0 Å². The summed E-state index contributed by atoms with van der Waals surface area (Å²) in [4.78, 5) is 11.7. The van der Waals surface area contributed by atoms with Crippen molar-refractivity contribution in [2.24, 2.45) is 5.92 Å². The molecule has 0 unspecified atom stereocenters. The molecule has 21 heavy (non-hydrogen) atoms. The van der Waals surface area contributed by atoms with Crippen LogP contribution in [0.15, 0.2) is 0 Å². The van der Waals surface area contributed by atoms with E-state index >= 15 is 0 Å². The predicted molar refractivity (Wildman–Crippen MR) is 75.9 cm³/mol. The zero-order valence-corrected chi connectivity index (χ0v) is 12.9. The molecule has 1 heterocycles. The lowest BCUT2D eigenvalue weighted by Crippen LogP contribution is -2.43. The number of carboxylic acid groups (broad SMARTS) is 1. The number of ether oxygens (including phenoxy) is 1. The van der Waals surface area contributed by atoms with Gasteiger partial charge in [-0.25, -0.2) is 9.48 Å². The van der Waals surface area contributed by atoms with E-state index in [2.05, 4.69) is 15.5 Å². The van der Waals surface area contributed by atoms with Gasteiger partial charge in [-0.1, -0.05) is 13.8 Å². The third-order valence-corrected chi connectivity index (χ3v) is 4.57. The fourth-order valence-electron chi connectivity index (χ4n) is 3.08. The number of rotatable bonds is 8. The van der Waals surface area contributed by atoms with Gasteiger partial charge in [-0.05, 0) is 49.0 Å². The van der Waals surface area contributed by atoms with Crippen LogP contribution in [-0.4, -0.2) is 44.0 Å². The van der Waals surface area contributed by atoms with E-state index in [0.29, 0.717) is 37.1 Å². The zero-order valence-electron chi connectivity index (χ0n) is 12.9. The standard InChI is InChI=1S/C14H24N4O3/c1-4-14(5-2,13(19)20)18-12(15-16-17-18)9-10-7-11(8-10)21-6-3/h10-11H,4-9H2,1-3H3,(H,19,20). The van der Waals surface area contributed by atoms with Gasteiger partial charge in [-0.2, -0.15) is 0 Å². The fraction of sp³-hybridized carbons (Fsp3) is 0.857. The molecule has 1 aliphatic rings. The van der Waals surface area contributed by atoms with Crippen molar-refractivity contribution in [2.75, 3.05) is 6.61 Å². The minimum absolute atomic E-state index is 0.339. The summed E-state index contributed by atoms with van der Waals surface area (Å²) in [5.74, 6) is 0.273. The molecule has 1 aromatic heterocycles. The van der Waals surface area contributed by atoms with Crippen LogP contribution in [0.1, 0.15) is 52.3 Å². The van der Waals surface area contributed by atoms with E-state index in [-0.39, 0.29) is 0 Å². The maximum Gasteiger partial charge on any atom is 0.331 e. The number of tetrazole rings is 1. The molecule has 0 spiro atoms. The van der Waals surface area contributed by atoms with Crippen LogP contribution in [0.4, 0.5) is 0 Å². The molecule has 0 aliphatic heterocycles. The Kier molecular flexibility index (Phi) is 4.92. The maximum atomic E-state index is 11.7. The molecular formula is C14H24N4O3. The van der Waals surface area contributed by atoms with Gasteiger partial charge in [-0.15, -0.1) is 5.10 Å². The third kappa shape index (κ3) is 2.92. The Balaban J connectivity index is 2.10. The molecule has 0 radical (unpaired) electrons. The first-order valence-electron chi connectivity index (χ1n) is 7.70. The van der Waals surface area contributed by atoms with Crippen molar-refractivity contribution >= 4 is 5.97 Å². The van der Waals surface area contributed by atoms with E-state index in [1.807, 2.05) is 20.8 Å². The van der Waals surface area contributed by atoms with Gasteiger partial charge in [0.1, 0.15) is 0 Å². The zero-order chi connectivity index (χ0) is 15.5. The van der Waals surface area contributed by atoms with Gasteiger partial charge in [-0.3, -0.25) is 0 Å². The molecule has 0 bridgehead atoms. The second-order valence-corrected chi connectivity index (χ2v) is 5.67. The van der Waals surface area contributed by atoms with Crippen LogP contribution < -0.4 is 0 Å². The summed E-state index contributed by atoms with van der Waals surface area (Å²) in [5, 5.41) is 21.3. The number of aliphatic carboxylic acids is 1. The molecule has 1 saturated carbocycles. The SMILES string of the molecule is CCOC1CC(Cc2nnnn2C(CC)(CC)C(=O)O)C1. The maximum absolute atomic E-state index is 11.7. The second kappa shape index (κ2) is 6.51. The molecule has 1 aromatic rings. The minimum atomic E-state index is -1.04. The Labute approximate surface area is 124 Å². The summed E-state index contributed by atoms with van der Waals surface area (Å²) in [6.07, 6.45) is 3.97. The molecule has 0 aromatic carbocycles. The molecule has 0 amide bonds. The highest BCUT2D eigenvalue weighted by Gasteiger charge is 2.41. The summed E-state index contributed by atoms with van der Waals surface area (Å²) in [7, 11) is 0. The molecule has 118 valence electrons. The summed E-state index contributed by atoms with van der Waals surface area (Å²) in [6, 6.07) is 0. The Morgan fingerprint density at radius 1 is 1.38 bits per heavy atom. The molecule has 2 rings (SSSR count). The normalized spacial score (nSPS) is 22.0. The molecule has 1 fully saturated rings. The van der Waals surface area contributed by atoms with Crippen molar-refractivity contribution in [1.82, 2.24) is 20.2 Å². The van der Waals surface area contributed by atoms with Crippen LogP contribution in [0.3, 0.4) is 0 Å². The fourth-order valence-corrected chi connectivity index (χ4v) is 3.08. The Bertz CT molecular complexity index is 478. The molecule has 0 atom stereocenters. The topological polar surface area (TPSA) is 90.1 Å². The largest absolute Gasteiger partial charge is 0.479 e. The smallest absolute Gasteiger partial charge is 0.331 e. The van der Waals surface area contributed by atoms with E-state index in [0.717, 1.165) is 19.4 Å². The van der Waals surface area contributed by atoms with Crippen LogP contribution in [-0.2, 0) is 21.5 Å². The van der Waals surface area contributed by atoms with Crippen molar-refractivity contribution in [1.29, 1.82) is 0 Å². The second-order valence-electron chi connectivity index (χ2n) is 5.67. The van der Waals surface area contributed by atoms with Crippen molar-refractivity contribution in [3.63, 3.8) is 0 Å². The Morgan fingerprint density at radius 2 is 2.05 bits per heavy atom. The summed E-state index contributed by atoms with van der Waals surface area (Å²) in [5.41, 5.74) is -1.04. The van der Waals surface area contributed by atoms with Gasteiger partial charge in [0.25, 0.3) is 0 Å². The highest BCUT2D eigenvalue weighted by Crippen LogP contribution is 2.34. The monoisotopic (exact) mass is 296 g/mol. The van der Waals surface area contributed by atoms with Crippen LogP contribution in [0.2, 0.25) is 0 Å². The average Bonchev–Trinajstić information content (AvgIpc) is 2.87. The van der Waals surface area contributed by atoms with E-state index in [1.54, 1.807) is 0 Å². The lowest BCUT2D eigenvalue weighted by Gasteiger charge is -2.35. The lowest BCUT2D eigenvalue weighted by molar-refractivity contribution is -0.149. The summed E-state index contributed by atoms with van der Waals surface area (Å²) >= 11 is 0. The van der Waals surface area contributed by atoms with E-state index in [9.17, 15) is 9.90 Å². The first-order chi connectivity index (χ1) is 10.1. The number of hydrogen-bond donors (Lipinski definition) is 1. The third-order valence-electron chi connectivity index (χ3n) is 4.57. The highest BCUT2D eigenvalue weighted by atomic mass is 16.5. The average molecular weight is 296 g/mol. The van der Waals surface area contributed by atoms with Gasteiger partial charge in [0, 0.05) is 13.0 Å². The van der Waals surface area contributed by atoms with Gasteiger partial charge in [0.15, 0.2) is 11.4 Å². The van der Waals surface area contributed by atoms with Gasteiger partial charge in [0.05, 0.1) is 6.10 Å². The first-order valence-corrected chi connectivity index (χ1v) is 7.70. The van der Waals surface area contributed by atoms with Crippen molar-refractivity contribution < 1.29 is 14.6 Å². The number of carboxylic acids is 1. The molecule has 7 nitrogen and oxygen atoms in total. The van der Waals surface area contributed by atoms with E-state index < -0.39 is 11.5 Å². The highest BCUT2D eigenvalue weighted by molar-refractivity contribution is 5.76. The van der Waals surface area contributed by atoms with Crippen molar-refractivity contribution in [2.45, 2.75) is 64.5 Å². The van der Waals surface area contributed by atoms with Crippen LogP contribution in [0.25, 0.3) is 0 Å². The molecule has 7 heteroatoms. The molecule has 0 saturated heterocycles. The Hall–Kier alpha value is -1.50. The quantitative estimate of drug-likeness (QED) is 0.784. The molecule has 1 aliphatic carbocycles. The van der Waals surface area contributed by atoms with Crippen molar-refractivity contribution in [3.05, 3.63) is 5.82 Å².